The zero-order valence-corrected chi connectivity index (χ0v) is 16.2. The van der Waals surface area contributed by atoms with Gasteiger partial charge < -0.3 is 14.5 Å². The van der Waals surface area contributed by atoms with Crippen molar-refractivity contribution in [2.24, 2.45) is 0 Å². The molecule has 1 heterocycles. The lowest BCUT2D eigenvalue weighted by Gasteiger charge is -2.05. The van der Waals surface area contributed by atoms with Gasteiger partial charge in [-0.25, -0.2) is 0 Å². The molecule has 7 nitrogen and oxygen atoms in total. The maximum absolute atomic E-state index is 12.0. The SMILES string of the molecule is O=C(CNC(=O)c1cccc(Br)c1)OCc1nnc(-c2ccc(Cl)cc2)o1. The minimum absolute atomic E-state index is 0.145. The Hall–Kier alpha value is -2.71. The van der Waals surface area contributed by atoms with Crippen LogP contribution in [-0.4, -0.2) is 28.6 Å². The fraction of sp³-hybridized carbons (Fsp3) is 0.111. The van der Waals surface area contributed by atoms with Crippen LogP contribution in [0.2, 0.25) is 5.02 Å². The smallest absolute Gasteiger partial charge is 0.325 e. The highest BCUT2D eigenvalue weighted by Gasteiger charge is 2.12. The molecule has 0 aliphatic carbocycles. The van der Waals surface area contributed by atoms with E-state index in [1.54, 1.807) is 48.5 Å². The molecule has 0 bridgehead atoms. The van der Waals surface area contributed by atoms with E-state index in [1.807, 2.05) is 0 Å². The van der Waals surface area contributed by atoms with Crippen molar-refractivity contribution < 1.29 is 18.7 Å². The van der Waals surface area contributed by atoms with Gasteiger partial charge in [-0.3, -0.25) is 9.59 Å². The third-order valence-electron chi connectivity index (χ3n) is 3.39. The number of benzene rings is 2. The molecule has 0 fully saturated rings. The molecule has 1 N–H and O–H groups in total. The lowest BCUT2D eigenvalue weighted by atomic mass is 10.2. The van der Waals surface area contributed by atoms with E-state index in [9.17, 15) is 9.59 Å². The van der Waals surface area contributed by atoms with Crippen molar-refractivity contribution in [3.05, 3.63) is 69.5 Å². The number of aromatic nitrogens is 2. The summed E-state index contributed by atoms with van der Waals surface area (Å²) in [6, 6.07) is 13.7. The zero-order valence-electron chi connectivity index (χ0n) is 13.8. The number of nitrogens with one attached hydrogen (secondary N) is 1. The van der Waals surface area contributed by atoms with Gasteiger partial charge in [0.25, 0.3) is 11.8 Å². The van der Waals surface area contributed by atoms with Crippen molar-refractivity contribution in [2.45, 2.75) is 6.61 Å². The maximum atomic E-state index is 12.0. The van der Waals surface area contributed by atoms with E-state index in [0.29, 0.717) is 22.0 Å². The summed E-state index contributed by atoms with van der Waals surface area (Å²) in [4.78, 5) is 23.8. The first-order chi connectivity index (χ1) is 13.0. The predicted octanol–water partition coefficient (Wildman–Crippen LogP) is 3.63. The molecule has 0 atom stereocenters. The van der Waals surface area contributed by atoms with Crippen LogP contribution < -0.4 is 5.32 Å². The number of carbonyl (C=O) groups excluding carboxylic acids is 2. The van der Waals surface area contributed by atoms with Gasteiger partial charge in [-0.05, 0) is 42.5 Å². The van der Waals surface area contributed by atoms with Crippen molar-refractivity contribution in [2.75, 3.05) is 6.54 Å². The summed E-state index contributed by atoms with van der Waals surface area (Å²) in [6.45, 7) is -0.463. The van der Waals surface area contributed by atoms with E-state index >= 15 is 0 Å². The van der Waals surface area contributed by atoms with E-state index in [-0.39, 0.29) is 24.9 Å². The van der Waals surface area contributed by atoms with Crippen LogP contribution in [0.4, 0.5) is 0 Å². The van der Waals surface area contributed by atoms with Gasteiger partial charge in [0.05, 0.1) is 0 Å². The highest BCUT2D eigenvalue weighted by Crippen LogP contribution is 2.20. The minimum atomic E-state index is -0.621. The van der Waals surface area contributed by atoms with Crippen molar-refractivity contribution in [3.8, 4) is 11.5 Å². The van der Waals surface area contributed by atoms with Crippen LogP contribution in [0.15, 0.2) is 57.4 Å². The van der Waals surface area contributed by atoms with Crippen molar-refractivity contribution in [1.82, 2.24) is 15.5 Å². The van der Waals surface area contributed by atoms with Crippen LogP contribution in [0.1, 0.15) is 16.2 Å². The molecule has 0 unspecified atom stereocenters. The second-order valence-corrected chi connectivity index (χ2v) is 6.71. The average molecular weight is 451 g/mol. The maximum Gasteiger partial charge on any atom is 0.325 e. The highest BCUT2D eigenvalue weighted by atomic mass is 79.9. The van der Waals surface area contributed by atoms with Gasteiger partial charge in [-0.1, -0.05) is 33.6 Å². The number of rotatable bonds is 6. The van der Waals surface area contributed by atoms with Crippen molar-refractivity contribution in [1.29, 1.82) is 0 Å². The molecular weight excluding hydrogens is 438 g/mol. The summed E-state index contributed by atoms with van der Waals surface area (Å²) >= 11 is 9.11. The number of halogens is 2. The molecule has 3 rings (SSSR count). The third kappa shape index (κ3) is 5.38. The van der Waals surface area contributed by atoms with Crippen LogP contribution in [0.25, 0.3) is 11.5 Å². The first kappa shape index (κ1) is 19.1. The minimum Gasteiger partial charge on any atom is -0.454 e. The Kier molecular flexibility index (Phi) is 6.20. The number of esters is 1. The summed E-state index contributed by atoms with van der Waals surface area (Å²) in [5.74, 6) is -0.562. The molecule has 0 aliphatic heterocycles. The molecule has 0 saturated carbocycles. The predicted molar refractivity (Wildman–Crippen MR) is 101 cm³/mol. The quantitative estimate of drug-likeness (QED) is 0.576. The van der Waals surface area contributed by atoms with Crippen LogP contribution in [0.5, 0.6) is 0 Å². The van der Waals surface area contributed by atoms with E-state index < -0.39 is 5.97 Å². The van der Waals surface area contributed by atoms with Gasteiger partial charge in [0.1, 0.15) is 6.54 Å². The molecule has 3 aromatic rings. The Balaban J connectivity index is 1.48. The first-order valence-corrected chi connectivity index (χ1v) is 8.96. The number of amides is 1. The van der Waals surface area contributed by atoms with Crippen LogP contribution in [0, 0.1) is 0 Å². The Morgan fingerprint density at radius 2 is 1.93 bits per heavy atom. The summed E-state index contributed by atoms with van der Waals surface area (Å²) in [5.41, 5.74) is 1.13. The molecule has 0 radical (unpaired) electrons. The summed E-state index contributed by atoms with van der Waals surface area (Å²) in [6.07, 6.45) is 0. The fourth-order valence-corrected chi connectivity index (χ4v) is 2.62. The molecule has 27 heavy (non-hydrogen) atoms. The summed E-state index contributed by atoms with van der Waals surface area (Å²) < 4.78 is 11.2. The van der Waals surface area contributed by atoms with Gasteiger partial charge in [0.15, 0.2) is 6.61 Å². The first-order valence-electron chi connectivity index (χ1n) is 7.79. The van der Waals surface area contributed by atoms with Gasteiger partial charge in [-0.2, -0.15) is 0 Å². The van der Waals surface area contributed by atoms with Crippen molar-refractivity contribution in [3.63, 3.8) is 0 Å². The number of ether oxygens (including phenoxy) is 1. The van der Waals surface area contributed by atoms with Gasteiger partial charge >= 0.3 is 5.97 Å². The average Bonchev–Trinajstić information content (AvgIpc) is 3.14. The summed E-state index contributed by atoms with van der Waals surface area (Å²) in [5, 5.41) is 10.8. The topological polar surface area (TPSA) is 94.3 Å². The largest absolute Gasteiger partial charge is 0.454 e. The molecule has 0 saturated heterocycles. The molecule has 1 amide bonds. The van der Waals surface area contributed by atoms with Gasteiger partial charge in [-0.15, -0.1) is 10.2 Å². The Labute approximate surface area is 167 Å². The molecule has 2 aromatic carbocycles. The molecule has 9 heteroatoms. The van der Waals surface area contributed by atoms with Gasteiger partial charge in [0.2, 0.25) is 5.89 Å². The lowest BCUT2D eigenvalue weighted by Crippen LogP contribution is -2.30. The molecule has 138 valence electrons. The molecule has 0 spiro atoms. The third-order valence-corrected chi connectivity index (χ3v) is 4.14. The number of carbonyl (C=O) groups is 2. The second kappa shape index (κ2) is 8.79. The van der Waals surface area contributed by atoms with Crippen LogP contribution in [-0.2, 0) is 16.1 Å². The Morgan fingerprint density at radius 3 is 2.67 bits per heavy atom. The zero-order chi connectivity index (χ0) is 19.2. The number of hydrogen-bond acceptors (Lipinski definition) is 6. The number of hydrogen-bond donors (Lipinski definition) is 1. The van der Waals surface area contributed by atoms with Crippen LogP contribution in [0.3, 0.4) is 0 Å². The fourth-order valence-electron chi connectivity index (χ4n) is 2.10. The van der Waals surface area contributed by atoms with E-state index in [0.717, 1.165) is 4.47 Å². The Morgan fingerprint density at radius 1 is 1.15 bits per heavy atom. The number of nitrogens with zero attached hydrogens (tertiary/aromatic N) is 2. The normalized spacial score (nSPS) is 10.4. The van der Waals surface area contributed by atoms with E-state index in [1.165, 1.54) is 0 Å². The van der Waals surface area contributed by atoms with E-state index in [2.05, 4.69) is 31.4 Å². The molecule has 0 aliphatic rings. The van der Waals surface area contributed by atoms with Crippen LogP contribution >= 0.6 is 27.5 Å². The Bertz CT molecular complexity index is 959. The second-order valence-electron chi connectivity index (χ2n) is 5.36. The highest BCUT2D eigenvalue weighted by molar-refractivity contribution is 9.10. The van der Waals surface area contributed by atoms with Crippen molar-refractivity contribution >= 4 is 39.4 Å². The summed E-state index contributed by atoms with van der Waals surface area (Å²) in [7, 11) is 0. The monoisotopic (exact) mass is 449 g/mol. The lowest BCUT2D eigenvalue weighted by molar-refractivity contribution is -0.144. The van der Waals surface area contributed by atoms with E-state index in [4.69, 9.17) is 20.8 Å². The van der Waals surface area contributed by atoms with Gasteiger partial charge in [0, 0.05) is 20.6 Å². The molecular formula is C18H13BrClN3O4. The standard InChI is InChI=1S/C18H13BrClN3O4/c19-13-3-1-2-12(8-13)17(25)21-9-16(24)26-10-15-22-23-18(27-15)11-4-6-14(20)7-5-11/h1-8H,9-10H2,(H,21,25). The molecule has 1 aromatic heterocycles.